The molecule has 146 valence electrons. The lowest BCUT2D eigenvalue weighted by Gasteiger charge is -2.51. The van der Waals surface area contributed by atoms with E-state index in [1.54, 1.807) is 12.1 Å². The van der Waals surface area contributed by atoms with E-state index in [9.17, 15) is 14.7 Å². The van der Waals surface area contributed by atoms with Crippen molar-refractivity contribution in [3.05, 3.63) is 47.3 Å². The molecule has 0 spiro atoms. The molecule has 4 aliphatic rings. The van der Waals surface area contributed by atoms with Crippen molar-refractivity contribution < 1.29 is 14.7 Å². The molecule has 2 N–H and O–H groups in total. The lowest BCUT2D eigenvalue weighted by molar-refractivity contribution is -0.00359. The number of nitrogens with zero attached hydrogens (tertiary/aromatic N) is 3. The zero-order chi connectivity index (χ0) is 19.4. The summed E-state index contributed by atoms with van der Waals surface area (Å²) < 4.78 is 0. The number of carbonyl (C=O) groups is 2. The summed E-state index contributed by atoms with van der Waals surface area (Å²) in [5, 5.41) is 16.7. The Morgan fingerprint density at radius 1 is 1.18 bits per heavy atom. The van der Waals surface area contributed by atoms with Gasteiger partial charge in [-0.1, -0.05) is 12.1 Å². The minimum atomic E-state index is -0.157. The van der Waals surface area contributed by atoms with Crippen molar-refractivity contribution in [3.8, 4) is 5.75 Å². The maximum absolute atomic E-state index is 13.3. The molecule has 0 radical (unpaired) electrons. The number of ketones is 1. The molecule has 3 unspecified atom stereocenters. The van der Waals surface area contributed by atoms with Crippen LogP contribution in [0.5, 0.6) is 5.75 Å². The number of hydrogen-bond acceptors (Lipinski definition) is 5. The lowest BCUT2D eigenvalue weighted by atomic mass is 9.75. The Hall–Kier alpha value is -2.67. The fourth-order valence-corrected chi connectivity index (χ4v) is 5.47. The second kappa shape index (κ2) is 6.44. The number of H-pyrrole nitrogens is 1. The highest BCUT2D eigenvalue weighted by atomic mass is 16.3. The van der Waals surface area contributed by atoms with E-state index >= 15 is 0 Å². The summed E-state index contributed by atoms with van der Waals surface area (Å²) in [4.78, 5) is 29.4. The second-order valence-corrected chi connectivity index (χ2v) is 8.24. The van der Waals surface area contributed by atoms with Crippen LogP contribution in [0.2, 0.25) is 0 Å². The van der Waals surface area contributed by atoms with Crippen LogP contribution in [0.3, 0.4) is 0 Å². The van der Waals surface area contributed by atoms with Gasteiger partial charge in [-0.05, 0) is 55.6 Å². The molecule has 2 bridgehead atoms. The number of fused-ring (bicyclic) bond motifs is 2. The first-order chi connectivity index (χ1) is 13.5. The molecule has 28 heavy (non-hydrogen) atoms. The highest BCUT2D eigenvalue weighted by Gasteiger charge is 2.54. The van der Waals surface area contributed by atoms with Gasteiger partial charge in [0, 0.05) is 25.4 Å². The first-order valence-corrected chi connectivity index (χ1v) is 9.93. The molecule has 1 amide bonds. The molecule has 0 aliphatic carbocycles. The van der Waals surface area contributed by atoms with E-state index < -0.39 is 0 Å². The third-order valence-electron chi connectivity index (χ3n) is 6.72. The predicted octanol–water partition coefficient (Wildman–Crippen LogP) is 2.02. The van der Waals surface area contributed by atoms with Gasteiger partial charge in [-0.15, -0.1) is 0 Å². The first kappa shape index (κ1) is 17.4. The van der Waals surface area contributed by atoms with E-state index in [0.717, 1.165) is 31.5 Å². The van der Waals surface area contributed by atoms with Gasteiger partial charge in [0.05, 0.1) is 6.04 Å². The molecule has 7 heteroatoms. The molecule has 6 rings (SSSR count). The Morgan fingerprint density at radius 3 is 2.64 bits per heavy atom. The first-order valence-electron chi connectivity index (χ1n) is 9.93. The number of phenols is 1. The summed E-state index contributed by atoms with van der Waals surface area (Å²) in [6, 6.07) is 9.41. The number of benzene rings is 1. The zero-order valence-electron chi connectivity index (χ0n) is 15.8. The van der Waals surface area contributed by atoms with E-state index in [4.69, 9.17) is 0 Å². The predicted molar refractivity (Wildman–Crippen MR) is 102 cm³/mol. The molecule has 4 fully saturated rings. The number of rotatable bonds is 3. The van der Waals surface area contributed by atoms with Crippen molar-refractivity contribution in [2.75, 3.05) is 19.6 Å². The van der Waals surface area contributed by atoms with Crippen LogP contribution in [0.25, 0.3) is 0 Å². The highest BCUT2D eigenvalue weighted by Crippen LogP contribution is 2.47. The van der Waals surface area contributed by atoms with Crippen molar-refractivity contribution in [1.29, 1.82) is 0 Å². The van der Waals surface area contributed by atoms with Gasteiger partial charge in [-0.3, -0.25) is 19.6 Å². The topological polar surface area (TPSA) is 89.5 Å². The van der Waals surface area contributed by atoms with E-state index in [-0.39, 0.29) is 41.1 Å². The van der Waals surface area contributed by atoms with E-state index in [0.29, 0.717) is 18.2 Å². The molecule has 1 aromatic carbocycles. The summed E-state index contributed by atoms with van der Waals surface area (Å²) in [7, 11) is 0. The van der Waals surface area contributed by atoms with Crippen molar-refractivity contribution in [2.45, 2.75) is 37.8 Å². The number of amides is 1. The van der Waals surface area contributed by atoms with Gasteiger partial charge >= 0.3 is 0 Å². The normalized spacial score (nSPS) is 31.0. The number of aromatic nitrogens is 2. The van der Waals surface area contributed by atoms with Crippen molar-refractivity contribution in [1.82, 2.24) is 20.0 Å². The van der Waals surface area contributed by atoms with Gasteiger partial charge in [-0.25, -0.2) is 0 Å². The van der Waals surface area contributed by atoms with Crippen LogP contribution in [0.4, 0.5) is 0 Å². The molecule has 4 saturated heterocycles. The Morgan fingerprint density at radius 2 is 1.96 bits per heavy atom. The van der Waals surface area contributed by atoms with Crippen molar-refractivity contribution in [2.24, 2.45) is 5.92 Å². The van der Waals surface area contributed by atoms with Gasteiger partial charge < -0.3 is 10.0 Å². The smallest absolute Gasteiger partial charge is 0.272 e. The van der Waals surface area contributed by atoms with Crippen LogP contribution in [0.1, 0.15) is 52.2 Å². The van der Waals surface area contributed by atoms with Crippen LogP contribution in [0.15, 0.2) is 30.3 Å². The minimum Gasteiger partial charge on any atom is -0.508 e. The molecule has 0 saturated carbocycles. The highest BCUT2D eigenvalue weighted by molar-refractivity contribution is 5.97. The number of phenolic OH excluding ortho intramolecular Hbond substituents is 1. The maximum Gasteiger partial charge on any atom is 0.272 e. The quantitative estimate of drug-likeness (QED) is 0.795. The number of aromatic amines is 1. The number of likely N-dealkylation sites (tertiary alicyclic amines) is 1. The van der Waals surface area contributed by atoms with Crippen LogP contribution in [-0.2, 0) is 0 Å². The third kappa shape index (κ3) is 2.64. The fraction of sp³-hybridized carbons (Fsp3) is 0.476. The third-order valence-corrected chi connectivity index (χ3v) is 6.72. The monoisotopic (exact) mass is 380 g/mol. The van der Waals surface area contributed by atoms with Crippen LogP contribution < -0.4 is 0 Å². The number of hydrogen-bond donors (Lipinski definition) is 2. The van der Waals surface area contributed by atoms with Crippen LogP contribution in [0, 0.1) is 5.92 Å². The molecule has 4 aliphatic heterocycles. The van der Waals surface area contributed by atoms with E-state index in [2.05, 4.69) is 15.1 Å². The maximum atomic E-state index is 13.3. The van der Waals surface area contributed by atoms with Crippen molar-refractivity contribution in [3.63, 3.8) is 0 Å². The van der Waals surface area contributed by atoms with E-state index in [1.807, 2.05) is 23.1 Å². The van der Waals surface area contributed by atoms with Crippen LogP contribution >= 0.6 is 0 Å². The Bertz CT molecular complexity index is 931. The average Bonchev–Trinajstić information content (AvgIpc) is 3.35. The molecule has 5 heterocycles. The SMILES string of the molecule is CC(=O)c1cc(C(=O)N2CC(c3cccc(O)c3)C3C2C2CCN3CC2)[nH]n1. The molecule has 2 aromatic rings. The molecular formula is C21H24N4O3. The number of nitrogens with one attached hydrogen (secondary N) is 1. The molecule has 3 atom stereocenters. The van der Waals surface area contributed by atoms with Gasteiger partial charge in [0.15, 0.2) is 5.78 Å². The van der Waals surface area contributed by atoms with E-state index in [1.165, 1.54) is 6.92 Å². The fourth-order valence-electron chi connectivity index (χ4n) is 5.47. The summed E-state index contributed by atoms with van der Waals surface area (Å²) >= 11 is 0. The number of Topliss-reactive ketones (excluding diaryl/α,β-unsaturated/α-hetero) is 1. The lowest BCUT2D eigenvalue weighted by Crippen LogP contribution is -2.60. The Kier molecular flexibility index (Phi) is 4.01. The van der Waals surface area contributed by atoms with Crippen molar-refractivity contribution >= 4 is 11.7 Å². The summed E-state index contributed by atoms with van der Waals surface area (Å²) in [5.74, 6) is 0.673. The number of aromatic hydroxyl groups is 1. The summed E-state index contributed by atoms with van der Waals surface area (Å²) in [6.45, 7) is 4.20. The van der Waals surface area contributed by atoms with Gasteiger partial charge in [-0.2, -0.15) is 5.10 Å². The summed E-state index contributed by atoms with van der Waals surface area (Å²) in [5.41, 5.74) is 1.74. The largest absolute Gasteiger partial charge is 0.508 e. The number of piperidine rings is 3. The Labute approximate surface area is 163 Å². The van der Waals surface area contributed by atoms with Gasteiger partial charge in [0.2, 0.25) is 0 Å². The zero-order valence-corrected chi connectivity index (χ0v) is 15.8. The minimum absolute atomic E-state index is 0.0913. The molecule has 7 nitrogen and oxygen atoms in total. The molecule has 1 aromatic heterocycles. The standard InChI is InChI=1S/C21H24N4O3/c1-12(26)17-10-18(23-22-17)21(28)25-11-16(14-3-2-4-15(27)9-14)20-19(25)13-5-7-24(20)8-6-13/h2-4,9-10,13,16,19-20,27H,5-8,11H2,1H3,(H,22,23). The van der Waals surface area contributed by atoms with Gasteiger partial charge in [0.25, 0.3) is 5.91 Å². The van der Waals surface area contributed by atoms with Gasteiger partial charge in [0.1, 0.15) is 17.1 Å². The second-order valence-electron chi connectivity index (χ2n) is 8.24. The average molecular weight is 380 g/mol. The number of carbonyl (C=O) groups excluding carboxylic acids is 2. The molecular weight excluding hydrogens is 356 g/mol. The van der Waals surface area contributed by atoms with Crippen LogP contribution in [-0.4, -0.2) is 68.5 Å². The summed E-state index contributed by atoms with van der Waals surface area (Å²) in [6.07, 6.45) is 2.22. The Balaban J connectivity index is 1.51.